The summed E-state index contributed by atoms with van der Waals surface area (Å²) in [6.45, 7) is 8.11. The fraction of sp³-hybridized carbons (Fsp3) is 0.611. The van der Waals surface area contributed by atoms with Crippen LogP contribution >= 0.6 is 24.0 Å². The van der Waals surface area contributed by atoms with E-state index in [1.165, 1.54) is 12.0 Å². The SMILES string of the molecule is CCCCOCCN=C(NCC)NCCc1ccc(OC)cc1.I. The number of nitrogens with one attached hydrogen (secondary N) is 2. The number of nitrogens with zero attached hydrogens (tertiary/aromatic N) is 1. The number of methoxy groups -OCH3 is 1. The average Bonchev–Trinajstić information content (AvgIpc) is 2.58. The Morgan fingerprint density at radius 2 is 1.83 bits per heavy atom. The molecule has 0 radical (unpaired) electrons. The van der Waals surface area contributed by atoms with Crippen molar-refractivity contribution in [2.45, 2.75) is 33.1 Å². The highest BCUT2D eigenvalue weighted by atomic mass is 127. The maximum Gasteiger partial charge on any atom is 0.191 e. The zero-order chi connectivity index (χ0) is 16.8. The average molecular weight is 449 g/mol. The first-order valence-electron chi connectivity index (χ1n) is 8.53. The van der Waals surface area contributed by atoms with Gasteiger partial charge >= 0.3 is 0 Å². The summed E-state index contributed by atoms with van der Waals surface area (Å²) >= 11 is 0. The molecule has 0 heterocycles. The summed E-state index contributed by atoms with van der Waals surface area (Å²) in [7, 11) is 1.68. The van der Waals surface area contributed by atoms with E-state index in [9.17, 15) is 0 Å². The molecule has 0 aliphatic heterocycles. The Labute approximate surface area is 163 Å². The van der Waals surface area contributed by atoms with Gasteiger partial charge in [0, 0.05) is 19.7 Å². The first-order valence-corrected chi connectivity index (χ1v) is 8.53. The zero-order valence-electron chi connectivity index (χ0n) is 15.1. The Kier molecular flexibility index (Phi) is 14.8. The highest BCUT2D eigenvalue weighted by Gasteiger charge is 1.98. The summed E-state index contributed by atoms with van der Waals surface area (Å²) in [6.07, 6.45) is 3.23. The Bertz CT molecular complexity index is 438. The van der Waals surface area contributed by atoms with Gasteiger partial charge in [-0.3, -0.25) is 4.99 Å². The standard InChI is InChI=1S/C18H31N3O2.HI/c1-4-6-14-23-15-13-21-18(19-5-2)20-12-11-16-7-9-17(22-3)10-8-16;/h7-10H,4-6,11-15H2,1-3H3,(H2,19,20,21);1H. The molecule has 1 aromatic carbocycles. The Balaban J connectivity index is 0.00000529. The fourth-order valence-electron chi connectivity index (χ4n) is 2.03. The number of benzene rings is 1. The van der Waals surface area contributed by atoms with Gasteiger partial charge in [0.15, 0.2) is 5.96 Å². The Morgan fingerprint density at radius 3 is 2.46 bits per heavy atom. The van der Waals surface area contributed by atoms with E-state index in [-0.39, 0.29) is 24.0 Å². The minimum absolute atomic E-state index is 0. The van der Waals surface area contributed by atoms with Crippen molar-refractivity contribution in [3.05, 3.63) is 29.8 Å². The molecule has 0 fully saturated rings. The van der Waals surface area contributed by atoms with Gasteiger partial charge in [-0.1, -0.05) is 25.5 Å². The molecule has 0 amide bonds. The predicted molar refractivity (Wildman–Crippen MR) is 112 cm³/mol. The van der Waals surface area contributed by atoms with E-state index >= 15 is 0 Å². The van der Waals surface area contributed by atoms with Crippen molar-refractivity contribution in [2.75, 3.05) is 40.0 Å². The summed E-state index contributed by atoms with van der Waals surface area (Å²) in [5.41, 5.74) is 1.28. The van der Waals surface area contributed by atoms with Gasteiger partial charge in [0.25, 0.3) is 0 Å². The molecular formula is C18H32IN3O2. The fourth-order valence-corrected chi connectivity index (χ4v) is 2.03. The minimum Gasteiger partial charge on any atom is -0.497 e. The molecule has 138 valence electrons. The Morgan fingerprint density at radius 1 is 1.08 bits per heavy atom. The maximum absolute atomic E-state index is 5.52. The lowest BCUT2D eigenvalue weighted by Gasteiger charge is -2.11. The van der Waals surface area contributed by atoms with Crippen LogP contribution in [0.3, 0.4) is 0 Å². The number of rotatable bonds is 11. The Hall–Kier alpha value is -1.02. The van der Waals surface area contributed by atoms with Crippen LogP contribution in [0.15, 0.2) is 29.3 Å². The summed E-state index contributed by atoms with van der Waals surface area (Å²) in [5, 5.41) is 6.60. The number of unbranched alkanes of at least 4 members (excludes halogenated alkanes) is 1. The van der Waals surface area contributed by atoms with Crippen LogP contribution in [0.2, 0.25) is 0 Å². The maximum atomic E-state index is 5.52. The molecule has 0 unspecified atom stereocenters. The molecule has 1 aromatic rings. The molecule has 0 saturated heterocycles. The monoisotopic (exact) mass is 449 g/mol. The van der Waals surface area contributed by atoms with Gasteiger partial charge in [-0.05, 0) is 37.5 Å². The molecule has 24 heavy (non-hydrogen) atoms. The number of ether oxygens (including phenoxy) is 2. The van der Waals surface area contributed by atoms with Crippen LogP contribution in [0.1, 0.15) is 32.3 Å². The molecule has 1 rings (SSSR count). The molecule has 0 bridgehead atoms. The lowest BCUT2D eigenvalue weighted by Crippen LogP contribution is -2.38. The van der Waals surface area contributed by atoms with Crippen molar-refractivity contribution in [3.8, 4) is 5.75 Å². The lowest BCUT2D eigenvalue weighted by atomic mass is 10.1. The second-order valence-electron chi connectivity index (χ2n) is 5.25. The van der Waals surface area contributed by atoms with E-state index in [1.54, 1.807) is 7.11 Å². The van der Waals surface area contributed by atoms with E-state index in [2.05, 4.69) is 41.6 Å². The van der Waals surface area contributed by atoms with Crippen molar-refractivity contribution in [1.29, 1.82) is 0 Å². The molecule has 0 atom stereocenters. The van der Waals surface area contributed by atoms with Gasteiger partial charge in [0.1, 0.15) is 5.75 Å². The smallest absolute Gasteiger partial charge is 0.191 e. The molecule has 0 aliphatic carbocycles. The van der Waals surface area contributed by atoms with E-state index in [1.807, 2.05) is 12.1 Å². The van der Waals surface area contributed by atoms with Crippen molar-refractivity contribution in [3.63, 3.8) is 0 Å². The van der Waals surface area contributed by atoms with Gasteiger partial charge < -0.3 is 20.1 Å². The normalized spacial score (nSPS) is 10.9. The van der Waals surface area contributed by atoms with Gasteiger partial charge in [-0.25, -0.2) is 0 Å². The van der Waals surface area contributed by atoms with Crippen molar-refractivity contribution < 1.29 is 9.47 Å². The molecule has 0 aliphatic rings. The molecule has 5 nitrogen and oxygen atoms in total. The van der Waals surface area contributed by atoms with E-state index < -0.39 is 0 Å². The second kappa shape index (κ2) is 15.5. The quantitative estimate of drug-likeness (QED) is 0.236. The molecule has 0 aromatic heterocycles. The van der Waals surface area contributed by atoms with Gasteiger partial charge in [-0.15, -0.1) is 24.0 Å². The van der Waals surface area contributed by atoms with Crippen LogP contribution in [-0.2, 0) is 11.2 Å². The third-order valence-corrected chi connectivity index (χ3v) is 3.36. The van der Waals surface area contributed by atoms with Crippen LogP contribution in [0.25, 0.3) is 0 Å². The second-order valence-corrected chi connectivity index (χ2v) is 5.25. The largest absolute Gasteiger partial charge is 0.497 e. The highest BCUT2D eigenvalue weighted by molar-refractivity contribution is 14.0. The lowest BCUT2D eigenvalue weighted by molar-refractivity contribution is 0.139. The molecule has 0 spiro atoms. The number of hydrogen-bond donors (Lipinski definition) is 2. The molecule has 0 saturated carbocycles. The van der Waals surface area contributed by atoms with Crippen LogP contribution in [0, 0.1) is 0 Å². The first-order chi connectivity index (χ1) is 11.3. The van der Waals surface area contributed by atoms with Crippen LogP contribution in [0.4, 0.5) is 0 Å². The van der Waals surface area contributed by atoms with Gasteiger partial charge in [0.05, 0.1) is 20.3 Å². The molecule has 2 N–H and O–H groups in total. The van der Waals surface area contributed by atoms with Crippen LogP contribution in [-0.4, -0.2) is 45.9 Å². The van der Waals surface area contributed by atoms with Gasteiger partial charge in [-0.2, -0.15) is 0 Å². The van der Waals surface area contributed by atoms with Crippen LogP contribution in [0.5, 0.6) is 5.75 Å². The first kappa shape index (κ1) is 23.0. The summed E-state index contributed by atoms with van der Waals surface area (Å²) in [6, 6.07) is 8.16. The summed E-state index contributed by atoms with van der Waals surface area (Å²) in [5.74, 6) is 1.74. The number of halogens is 1. The summed E-state index contributed by atoms with van der Waals surface area (Å²) < 4.78 is 10.7. The topological polar surface area (TPSA) is 54.9 Å². The van der Waals surface area contributed by atoms with Gasteiger partial charge in [0.2, 0.25) is 0 Å². The van der Waals surface area contributed by atoms with Crippen molar-refractivity contribution >= 4 is 29.9 Å². The number of hydrogen-bond acceptors (Lipinski definition) is 3. The zero-order valence-corrected chi connectivity index (χ0v) is 17.5. The van der Waals surface area contributed by atoms with E-state index in [0.29, 0.717) is 13.2 Å². The predicted octanol–water partition coefficient (Wildman–Crippen LogP) is 3.23. The van der Waals surface area contributed by atoms with E-state index in [0.717, 1.165) is 44.2 Å². The minimum atomic E-state index is 0. The van der Waals surface area contributed by atoms with E-state index in [4.69, 9.17) is 9.47 Å². The highest BCUT2D eigenvalue weighted by Crippen LogP contribution is 2.11. The molecular weight excluding hydrogens is 417 g/mol. The van der Waals surface area contributed by atoms with Crippen molar-refractivity contribution in [2.24, 2.45) is 4.99 Å². The third kappa shape index (κ3) is 10.7. The van der Waals surface area contributed by atoms with Crippen molar-refractivity contribution in [1.82, 2.24) is 10.6 Å². The van der Waals surface area contributed by atoms with Crippen LogP contribution < -0.4 is 15.4 Å². The number of aliphatic imine (C=N–C) groups is 1. The summed E-state index contributed by atoms with van der Waals surface area (Å²) in [4.78, 5) is 4.52. The third-order valence-electron chi connectivity index (χ3n) is 3.36. The number of guanidine groups is 1. The molecule has 6 heteroatoms.